The van der Waals surface area contributed by atoms with Gasteiger partial charge in [-0.25, -0.2) is 0 Å². The third-order valence-electron chi connectivity index (χ3n) is 5.10. The summed E-state index contributed by atoms with van der Waals surface area (Å²) in [7, 11) is 1.55. The lowest BCUT2D eigenvalue weighted by Gasteiger charge is -2.28. The first-order chi connectivity index (χ1) is 9.61. The molecular formula is C15H10N4O. The molecule has 5 nitrogen and oxygen atoms in total. The van der Waals surface area contributed by atoms with Crippen molar-refractivity contribution >= 4 is 0 Å². The molecule has 0 heterocycles. The molecule has 3 aliphatic carbocycles. The fraction of sp³-hybridized carbons (Fsp3) is 0.467. The number of nitrogens with zero attached hydrogens (tertiary/aromatic N) is 4. The van der Waals surface area contributed by atoms with Crippen molar-refractivity contribution in [2.24, 2.45) is 28.6 Å². The van der Waals surface area contributed by atoms with Crippen molar-refractivity contribution in [3.8, 4) is 24.3 Å². The topological polar surface area (TPSA) is 104 Å². The molecule has 0 bridgehead atoms. The Morgan fingerprint density at radius 3 is 1.55 bits per heavy atom. The molecule has 0 N–H and O–H groups in total. The van der Waals surface area contributed by atoms with Crippen LogP contribution in [0.4, 0.5) is 0 Å². The molecule has 0 aromatic carbocycles. The Morgan fingerprint density at radius 2 is 1.25 bits per heavy atom. The molecular weight excluding hydrogens is 252 g/mol. The molecule has 0 saturated heterocycles. The van der Waals surface area contributed by atoms with Crippen LogP contribution in [0.3, 0.4) is 0 Å². The van der Waals surface area contributed by atoms with E-state index in [0.29, 0.717) is 0 Å². The first-order valence-corrected chi connectivity index (χ1v) is 6.20. The largest absolute Gasteiger partial charge is 0.370 e. The van der Waals surface area contributed by atoms with Crippen LogP contribution in [-0.2, 0) is 4.74 Å². The van der Waals surface area contributed by atoms with E-state index in [-0.39, 0.29) is 5.92 Å². The first-order valence-electron chi connectivity index (χ1n) is 6.20. The summed E-state index contributed by atoms with van der Waals surface area (Å²) in [6.07, 6.45) is 7.18. The number of ether oxygens (including phenoxy) is 1. The van der Waals surface area contributed by atoms with Gasteiger partial charge in [0.25, 0.3) is 0 Å². The lowest BCUT2D eigenvalue weighted by molar-refractivity contribution is 0.0214. The minimum Gasteiger partial charge on any atom is -0.370 e. The molecule has 0 aromatic heterocycles. The Bertz CT molecular complexity index is 622. The Kier molecular flexibility index (Phi) is 2.17. The molecule has 0 aliphatic heterocycles. The number of nitriles is 4. The molecule has 3 aliphatic rings. The standard InChI is InChI=1S/C15H10N4O/c1-20-15-4-2-10-12(15)11(3-5-15)14(8-18,9-19)13(10,6-16)7-17/h2-5,10-12H,1H3/t10-,11+,12?,15?. The number of allylic oxidation sites excluding steroid dienone is 2. The van der Waals surface area contributed by atoms with Crippen LogP contribution in [-0.4, -0.2) is 12.7 Å². The third kappa shape index (κ3) is 0.905. The molecule has 0 aromatic rings. The lowest BCUT2D eigenvalue weighted by Crippen LogP contribution is -2.39. The van der Waals surface area contributed by atoms with Crippen molar-refractivity contribution < 1.29 is 4.74 Å². The van der Waals surface area contributed by atoms with Crippen LogP contribution in [0.5, 0.6) is 0 Å². The molecule has 96 valence electrons. The van der Waals surface area contributed by atoms with Gasteiger partial charge in [-0.15, -0.1) is 0 Å². The van der Waals surface area contributed by atoms with Crippen LogP contribution >= 0.6 is 0 Å². The summed E-state index contributed by atoms with van der Waals surface area (Å²) in [6, 6.07) is 7.88. The number of hydrogen-bond acceptors (Lipinski definition) is 5. The van der Waals surface area contributed by atoms with E-state index in [1.807, 2.05) is 36.4 Å². The Balaban J connectivity index is 2.33. The second kappa shape index (κ2) is 3.49. The number of hydrogen-bond donors (Lipinski definition) is 0. The van der Waals surface area contributed by atoms with Crippen LogP contribution < -0.4 is 0 Å². The highest BCUT2D eigenvalue weighted by molar-refractivity contribution is 5.52. The number of rotatable bonds is 1. The van der Waals surface area contributed by atoms with Crippen LogP contribution in [0, 0.1) is 73.9 Å². The van der Waals surface area contributed by atoms with Gasteiger partial charge in [-0.1, -0.05) is 24.3 Å². The smallest absolute Gasteiger partial charge is 0.182 e. The summed E-state index contributed by atoms with van der Waals surface area (Å²) >= 11 is 0. The highest BCUT2D eigenvalue weighted by atomic mass is 16.5. The predicted molar refractivity (Wildman–Crippen MR) is 65.8 cm³/mol. The zero-order valence-corrected chi connectivity index (χ0v) is 10.7. The zero-order chi connectivity index (χ0) is 14.6. The van der Waals surface area contributed by atoms with E-state index in [2.05, 4.69) is 0 Å². The van der Waals surface area contributed by atoms with Gasteiger partial charge in [-0.05, 0) is 0 Å². The van der Waals surface area contributed by atoms with Crippen molar-refractivity contribution in [2.75, 3.05) is 7.11 Å². The minimum absolute atomic E-state index is 0.244. The number of methoxy groups -OCH3 is 1. The Labute approximate surface area is 116 Å². The summed E-state index contributed by atoms with van der Waals surface area (Å²) in [5.74, 6) is -1.19. The molecule has 0 spiro atoms. The molecule has 1 saturated carbocycles. The highest BCUT2D eigenvalue weighted by Gasteiger charge is 2.76. The average molecular weight is 262 g/mol. The van der Waals surface area contributed by atoms with Crippen molar-refractivity contribution in [1.29, 1.82) is 21.0 Å². The predicted octanol–water partition coefficient (Wildman–Crippen LogP) is 1.44. The van der Waals surface area contributed by atoms with Gasteiger partial charge in [-0.3, -0.25) is 0 Å². The summed E-state index contributed by atoms with van der Waals surface area (Å²) in [5, 5.41) is 38.3. The monoisotopic (exact) mass is 262 g/mol. The van der Waals surface area contributed by atoms with E-state index >= 15 is 0 Å². The maximum atomic E-state index is 9.57. The summed E-state index contributed by atoms with van der Waals surface area (Å²) < 4.78 is 5.56. The van der Waals surface area contributed by atoms with Gasteiger partial charge in [0.1, 0.15) is 5.60 Å². The minimum atomic E-state index is -1.66. The summed E-state index contributed by atoms with van der Waals surface area (Å²) in [6.45, 7) is 0. The average Bonchev–Trinajstić information content (AvgIpc) is 3.10. The fourth-order valence-electron chi connectivity index (χ4n) is 4.14. The molecule has 2 unspecified atom stereocenters. The SMILES string of the molecule is COC12C=C[C@@H]3C1[C@H](C=C2)C(C#N)(C#N)C3(C#N)C#N. The van der Waals surface area contributed by atoms with E-state index in [9.17, 15) is 21.0 Å². The molecule has 3 rings (SSSR count). The lowest BCUT2D eigenvalue weighted by atomic mass is 9.63. The third-order valence-corrected chi connectivity index (χ3v) is 5.10. The summed E-state index contributed by atoms with van der Waals surface area (Å²) in [5.41, 5.74) is -4.02. The fourth-order valence-corrected chi connectivity index (χ4v) is 4.14. The van der Waals surface area contributed by atoms with Crippen molar-refractivity contribution in [1.82, 2.24) is 0 Å². The van der Waals surface area contributed by atoms with Crippen molar-refractivity contribution in [3.05, 3.63) is 24.3 Å². The molecule has 1 fully saturated rings. The van der Waals surface area contributed by atoms with E-state index < -0.39 is 28.3 Å². The zero-order valence-electron chi connectivity index (χ0n) is 10.7. The van der Waals surface area contributed by atoms with Crippen LogP contribution in [0.25, 0.3) is 0 Å². The van der Waals surface area contributed by atoms with Gasteiger partial charge < -0.3 is 4.74 Å². The molecule has 0 radical (unpaired) electrons. The Morgan fingerprint density at radius 1 is 0.850 bits per heavy atom. The van der Waals surface area contributed by atoms with Gasteiger partial charge in [0, 0.05) is 24.9 Å². The van der Waals surface area contributed by atoms with Crippen molar-refractivity contribution in [3.63, 3.8) is 0 Å². The summed E-state index contributed by atoms with van der Waals surface area (Å²) in [4.78, 5) is 0. The quantitative estimate of drug-likeness (QED) is 0.665. The second-order valence-electron chi connectivity index (χ2n) is 5.42. The first kappa shape index (κ1) is 12.4. The maximum absolute atomic E-state index is 9.57. The normalized spacial score (nSPS) is 40.4. The van der Waals surface area contributed by atoms with E-state index in [1.54, 1.807) is 19.3 Å². The Hall–Kier alpha value is -2.60. The van der Waals surface area contributed by atoms with Gasteiger partial charge in [-0.2, -0.15) is 21.0 Å². The molecule has 4 atom stereocenters. The van der Waals surface area contributed by atoms with Gasteiger partial charge in [0.2, 0.25) is 0 Å². The van der Waals surface area contributed by atoms with Gasteiger partial charge >= 0.3 is 0 Å². The molecule has 5 heteroatoms. The van der Waals surface area contributed by atoms with E-state index in [4.69, 9.17) is 4.74 Å². The maximum Gasteiger partial charge on any atom is 0.182 e. The highest BCUT2D eigenvalue weighted by Crippen LogP contribution is 2.69. The van der Waals surface area contributed by atoms with E-state index in [1.165, 1.54) is 0 Å². The van der Waals surface area contributed by atoms with Crippen LogP contribution in [0.15, 0.2) is 24.3 Å². The van der Waals surface area contributed by atoms with E-state index in [0.717, 1.165) is 0 Å². The van der Waals surface area contributed by atoms with Gasteiger partial charge in [0.05, 0.1) is 24.3 Å². The molecule has 0 amide bonds. The molecule has 20 heavy (non-hydrogen) atoms. The van der Waals surface area contributed by atoms with Gasteiger partial charge in [0.15, 0.2) is 10.8 Å². The van der Waals surface area contributed by atoms with Crippen molar-refractivity contribution in [2.45, 2.75) is 5.60 Å². The second-order valence-corrected chi connectivity index (χ2v) is 5.42. The van der Waals surface area contributed by atoms with Crippen LogP contribution in [0.2, 0.25) is 0 Å². The van der Waals surface area contributed by atoms with Crippen LogP contribution in [0.1, 0.15) is 0 Å².